The number of hydrogen-bond donors (Lipinski definition) is 0. The molecule has 4 saturated carbocycles. The molecule has 0 heterocycles. The molecule has 0 radical (unpaired) electrons. The lowest BCUT2D eigenvalue weighted by Crippen LogP contribution is -2.51. The van der Waals surface area contributed by atoms with Crippen molar-refractivity contribution in [3.05, 3.63) is 11.6 Å². The Labute approximate surface area is 133 Å². The van der Waals surface area contributed by atoms with Crippen molar-refractivity contribution >= 4 is 5.78 Å². The summed E-state index contributed by atoms with van der Waals surface area (Å²) in [5.41, 5.74) is 1.97. The van der Waals surface area contributed by atoms with Crippen molar-refractivity contribution in [3.63, 3.8) is 0 Å². The molecule has 0 aliphatic heterocycles. The molecule has 0 saturated heterocycles. The first-order valence-corrected chi connectivity index (χ1v) is 9.36. The van der Waals surface area contributed by atoms with Crippen LogP contribution in [0, 0.1) is 35.0 Å². The number of carbonyl (C=O) groups excluding carboxylic acids is 1. The minimum atomic E-state index is -0.729. The van der Waals surface area contributed by atoms with E-state index in [1.807, 2.05) is 0 Å². The van der Waals surface area contributed by atoms with Crippen molar-refractivity contribution in [2.45, 2.75) is 71.4 Å². The SMILES string of the molecule is CC=C1CC[C@H]2[C@@H]3C[C@@H](F)[C@@H]4CC(=O)CC[C@@H]4[C@H]3CC[C@]12C. The number of halogens is 1. The van der Waals surface area contributed by atoms with E-state index >= 15 is 0 Å². The standard InChI is InChI=1S/C20H29FO/c1-3-12-4-7-18-16-11-19(21)17-10-13(22)5-6-14(17)15(16)8-9-20(12,18)2/h3,14-19H,4-11H2,1-2H3/t14-,15-,16-,17-,18+,19-,20-/m1/s1. The molecule has 0 N–H and O–H groups in total. The third-order valence-corrected chi connectivity index (χ3v) is 7.97. The fraction of sp³-hybridized carbons (Fsp3) is 0.850. The molecule has 0 bridgehead atoms. The van der Waals surface area contributed by atoms with Gasteiger partial charge in [0.2, 0.25) is 0 Å². The molecular weight excluding hydrogens is 275 g/mol. The lowest BCUT2D eigenvalue weighted by molar-refractivity contribution is -0.131. The van der Waals surface area contributed by atoms with E-state index in [1.165, 1.54) is 25.7 Å². The quantitative estimate of drug-likeness (QED) is 0.569. The summed E-state index contributed by atoms with van der Waals surface area (Å²) in [6, 6.07) is 0. The third kappa shape index (κ3) is 1.98. The lowest BCUT2D eigenvalue weighted by Gasteiger charge is -2.55. The highest BCUT2D eigenvalue weighted by atomic mass is 19.1. The number of carbonyl (C=O) groups is 1. The number of Topliss-reactive ketones (excluding diaryl/α,β-unsaturated/α-hetero) is 1. The van der Waals surface area contributed by atoms with E-state index in [-0.39, 0.29) is 5.92 Å². The van der Waals surface area contributed by atoms with Crippen molar-refractivity contribution < 1.29 is 9.18 Å². The molecule has 4 fully saturated rings. The van der Waals surface area contributed by atoms with Gasteiger partial charge in [-0.25, -0.2) is 4.39 Å². The second kappa shape index (κ2) is 5.18. The predicted molar refractivity (Wildman–Crippen MR) is 86.2 cm³/mol. The van der Waals surface area contributed by atoms with Crippen LogP contribution in [0.25, 0.3) is 0 Å². The summed E-state index contributed by atoms with van der Waals surface area (Å²) in [7, 11) is 0. The first-order valence-electron chi connectivity index (χ1n) is 9.36. The molecule has 1 nitrogen and oxygen atoms in total. The van der Waals surface area contributed by atoms with E-state index < -0.39 is 6.17 Å². The van der Waals surface area contributed by atoms with Gasteiger partial charge in [-0.3, -0.25) is 4.79 Å². The van der Waals surface area contributed by atoms with Gasteiger partial charge in [0.15, 0.2) is 0 Å². The van der Waals surface area contributed by atoms with Gasteiger partial charge in [-0.2, -0.15) is 0 Å². The van der Waals surface area contributed by atoms with E-state index in [0.29, 0.717) is 47.7 Å². The summed E-state index contributed by atoms with van der Waals surface area (Å²) in [5.74, 6) is 2.80. The van der Waals surface area contributed by atoms with E-state index in [0.717, 1.165) is 12.8 Å². The summed E-state index contributed by atoms with van der Waals surface area (Å²) in [4.78, 5) is 11.8. The number of fused-ring (bicyclic) bond motifs is 5. The van der Waals surface area contributed by atoms with Gasteiger partial charge in [-0.05, 0) is 74.5 Å². The van der Waals surface area contributed by atoms with Crippen molar-refractivity contribution in [1.29, 1.82) is 0 Å². The van der Waals surface area contributed by atoms with Gasteiger partial charge in [0.05, 0.1) is 0 Å². The molecule has 0 aromatic carbocycles. The minimum Gasteiger partial charge on any atom is -0.300 e. The van der Waals surface area contributed by atoms with Crippen molar-refractivity contribution in [2.24, 2.45) is 35.0 Å². The average molecular weight is 304 g/mol. The van der Waals surface area contributed by atoms with Crippen LogP contribution in [0.3, 0.4) is 0 Å². The normalized spacial score (nSPS) is 53.0. The van der Waals surface area contributed by atoms with Crippen molar-refractivity contribution in [1.82, 2.24) is 0 Å². The highest BCUT2D eigenvalue weighted by molar-refractivity contribution is 5.79. The van der Waals surface area contributed by atoms with Gasteiger partial charge < -0.3 is 0 Å². The van der Waals surface area contributed by atoms with Gasteiger partial charge in [0.25, 0.3) is 0 Å². The molecule has 4 rings (SSSR count). The van der Waals surface area contributed by atoms with Gasteiger partial charge >= 0.3 is 0 Å². The topological polar surface area (TPSA) is 17.1 Å². The Balaban J connectivity index is 1.63. The van der Waals surface area contributed by atoms with Crippen molar-refractivity contribution in [2.75, 3.05) is 0 Å². The highest BCUT2D eigenvalue weighted by Crippen LogP contribution is 2.64. The largest absolute Gasteiger partial charge is 0.300 e. The van der Waals surface area contributed by atoms with Crippen LogP contribution in [0.15, 0.2) is 11.6 Å². The molecule has 0 spiro atoms. The van der Waals surface area contributed by atoms with Crippen molar-refractivity contribution in [3.8, 4) is 0 Å². The Bertz CT molecular complexity index is 510. The van der Waals surface area contributed by atoms with Crippen LogP contribution in [0.5, 0.6) is 0 Å². The van der Waals surface area contributed by atoms with E-state index in [4.69, 9.17) is 0 Å². The molecule has 4 aliphatic rings. The summed E-state index contributed by atoms with van der Waals surface area (Å²) in [6.45, 7) is 4.62. The van der Waals surface area contributed by atoms with Crippen LogP contribution in [0.4, 0.5) is 4.39 Å². The number of alkyl halides is 1. The third-order valence-electron chi connectivity index (χ3n) is 7.97. The maximum atomic E-state index is 14.9. The number of rotatable bonds is 0. The molecule has 7 atom stereocenters. The molecule has 4 aliphatic carbocycles. The minimum absolute atomic E-state index is 0.0504. The van der Waals surface area contributed by atoms with Crippen LogP contribution in [-0.2, 0) is 4.79 Å². The first-order chi connectivity index (χ1) is 10.5. The summed E-state index contributed by atoms with van der Waals surface area (Å²) in [6.07, 6.45) is 9.57. The molecule has 2 heteroatoms. The first kappa shape index (κ1) is 14.9. The Morgan fingerprint density at radius 3 is 2.64 bits per heavy atom. The fourth-order valence-corrected chi connectivity index (χ4v) is 6.93. The van der Waals surface area contributed by atoms with Crippen LogP contribution in [0.1, 0.15) is 65.2 Å². The molecule has 0 amide bonds. The maximum Gasteiger partial charge on any atom is 0.133 e. The monoisotopic (exact) mass is 304 g/mol. The molecule has 22 heavy (non-hydrogen) atoms. The van der Waals surface area contributed by atoms with Crippen LogP contribution in [-0.4, -0.2) is 12.0 Å². The Kier molecular flexibility index (Phi) is 3.51. The molecular formula is C20H29FO. The Morgan fingerprint density at radius 1 is 1.09 bits per heavy atom. The number of hydrogen-bond acceptors (Lipinski definition) is 1. The summed E-state index contributed by atoms with van der Waals surface area (Å²) in [5, 5.41) is 0. The second-order valence-corrected chi connectivity index (χ2v) is 8.60. The predicted octanol–water partition coefficient (Wildman–Crippen LogP) is 5.10. The molecule has 0 unspecified atom stereocenters. The molecule has 0 aromatic rings. The van der Waals surface area contributed by atoms with E-state index in [9.17, 15) is 9.18 Å². The van der Waals surface area contributed by atoms with E-state index in [2.05, 4.69) is 19.9 Å². The fourth-order valence-electron chi connectivity index (χ4n) is 6.93. The smallest absolute Gasteiger partial charge is 0.133 e. The second-order valence-electron chi connectivity index (χ2n) is 8.60. The van der Waals surface area contributed by atoms with Gasteiger partial charge in [-0.15, -0.1) is 0 Å². The van der Waals surface area contributed by atoms with Crippen LogP contribution in [0.2, 0.25) is 0 Å². The Morgan fingerprint density at radius 2 is 1.86 bits per heavy atom. The summed E-state index contributed by atoms with van der Waals surface area (Å²) >= 11 is 0. The van der Waals surface area contributed by atoms with E-state index in [1.54, 1.807) is 5.57 Å². The van der Waals surface area contributed by atoms with Crippen LogP contribution < -0.4 is 0 Å². The number of ketones is 1. The zero-order valence-electron chi connectivity index (χ0n) is 14.0. The highest BCUT2D eigenvalue weighted by Gasteiger charge is 2.57. The zero-order valence-corrected chi connectivity index (χ0v) is 14.0. The lowest BCUT2D eigenvalue weighted by atomic mass is 9.50. The van der Waals surface area contributed by atoms with Gasteiger partial charge in [0, 0.05) is 18.8 Å². The zero-order chi connectivity index (χ0) is 15.5. The van der Waals surface area contributed by atoms with Gasteiger partial charge in [0.1, 0.15) is 12.0 Å². The average Bonchev–Trinajstić information content (AvgIpc) is 2.84. The summed E-state index contributed by atoms with van der Waals surface area (Å²) < 4.78 is 14.9. The van der Waals surface area contributed by atoms with Gasteiger partial charge in [-0.1, -0.05) is 18.6 Å². The Hall–Kier alpha value is -0.660. The maximum absolute atomic E-state index is 14.9. The number of allylic oxidation sites excluding steroid dienone is 2. The van der Waals surface area contributed by atoms with Crippen LogP contribution >= 0.6 is 0 Å². The molecule has 0 aromatic heterocycles. The molecule has 122 valence electrons.